The van der Waals surface area contributed by atoms with Crippen LogP contribution in [0.15, 0.2) is 18.2 Å². The molecule has 5 nitrogen and oxygen atoms in total. The molecule has 1 aromatic carbocycles. The molecule has 1 heterocycles. The van der Waals surface area contributed by atoms with Gasteiger partial charge in [0.25, 0.3) is 0 Å². The molecule has 1 aliphatic rings. The van der Waals surface area contributed by atoms with Crippen molar-refractivity contribution in [3.63, 3.8) is 0 Å². The lowest BCUT2D eigenvalue weighted by molar-refractivity contribution is -0.00838. The lowest BCUT2D eigenvalue weighted by atomic mass is 10.1. The Hall–Kier alpha value is -1.30. The van der Waals surface area contributed by atoms with E-state index in [9.17, 15) is 0 Å². The van der Waals surface area contributed by atoms with Crippen molar-refractivity contribution in [3.05, 3.63) is 23.8 Å². The van der Waals surface area contributed by atoms with Crippen molar-refractivity contribution < 1.29 is 18.9 Å². The van der Waals surface area contributed by atoms with Gasteiger partial charge in [0.2, 0.25) is 0 Å². The number of nitrogens with two attached hydrogens (primary N) is 1. The third-order valence-electron chi connectivity index (χ3n) is 3.11. The van der Waals surface area contributed by atoms with Crippen LogP contribution in [0.1, 0.15) is 25.5 Å². The van der Waals surface area contributed by atoms with Gasteiger partial charge in [-0.25, -0.2) is 0 Å². The van der Waals surface area contributed by atoms with Crippen LogP contribution in [0, 0.1) is 0 Å². The molecule has 0 fully saturated rings. The van der Waals surface area contributed by atoms with Gasteiger partial charge in [-0.2, -0.15) is 0 Å². The van der Waals surface area contributed by atoms with Crippen molar-refractivity contribution in [1.29, 1.82) is 0 Å². The summed E-state index contributed by atoms with van der Waals surface area (Å²) in [5, 5.41) is 0. The normalized spacial score (nSPS) is 16.8. The van der Waals surface area contributed by atoms with Crippen molar-refractivity contribution in [2.75, 3.05) is 33.0 Å². The van der Waals surface area contributed by atoms with Gasteiger partial charge in [0.05, 0.1) is 25.4 Å². The van der Waals surface area contributed by atoms with Gasteiger partial charge in [0.15, 0.2) is 11.5 Å². The monoisotopic (exact) mass is 281 g/mol. The van der Waals surface area contributed by atoms with Gasteiger partial charge in [-0.1, -0.05) is 6.07 Å². The van der Waals surface area contributed by atoms with E-state index in [0.29, 0.717) is 33.0 Å². The zero-order chi connectivity index (χ0) is 14.4. The van der Waals surface area contributed by atoms with Crippen LogP contribution < -0.4 is 15.2 Å². The summed E-state index contributed by atoms with van der Waals surface area (Å²) < 4.78 is 22.0. The molecule has 0 aromatic heterocycles. The Bertz CT molecular complexity index is 424. The molecule has 2 rings (SSSR count). The average Bonchev–Trinajstić information content (AvgIpc) is 2.50. The Labute approximate surface area is 120 Å². The summed E-state index contributed by atoms with van der Waals surface area (Å²) in [4.78, 5) is 0. The van der Waals surface area contributed by atoms with Crippen LogP contribution in [-0.4, -0.2) is 39.1 Å². The Kier molecular flexibility index (Phi) is 5.64. The fourth-order valence-electron chi connectivity index (χ4n) is 1.99. The predicted octanol–water partition coefficient (Wildman–Crippen LogP) is 1.90. The van der Waals surface area contributed by atoms with E-state index in [1.54, 1.807) is 0 Å². The molecule has 0 saturated carbocycles. The van der Waals surface area contributed by atoms with E-state index in [-0.39, 0.29) is 12.1 Å². The minimum atomic E-state index is -0.185. The van der Waals surface area contributed by atoms with Crippen LogP contribution in [0.4, 0.5) is 0 Å². The van der Waals surface area contributed by atoms with E-state index in [2.05, 4.69) is 0 Å². The molecular weight excluding hydrogens is 258 g/mol. The Morgan fingerprint density at radius 3 is 2.70 bits per heavy atom. The first-order chi connectivity index (χ1) is 9.70. The van der Waals surface area contributed by atoms with E-state index < -0.39 is 0 Å². The Morgan fingerprint density at radius 1 is 1.20 bits per heavy atom. The SMILES string of the molecule is CCOCC(C)OCC(N)c1ccc2c(c1)OCCO2. The predicted molar refractivity (Wildman–Crippen MR) is 76.3 cm³/mol. The third-order valence-corrected chi connectivity index (χ3v) is 3.11. The molecule has 1 aliphatic heterocycles. The first kappa shape index (κ1) is 15.1. The van der Waals surface area contributed by atoms with Crippen LogP contribution in [0.5, 0.6) is 11.5 Å². The Balaban J connectivity index is 1.87. The van der Waals surface area contributed by atoms with Crippen LogP contribution in [0.2, 0.25) is 0 Å². The summed E-state index contributed by atoms with van der Waals surface area (Å²) in [5.74, 6) is 1.53. The highest BCUT2D eigenvalue weighted by Crippen LogP contribution is 2.32. The number of hydrogen-bond donors (Lipinski definition) is 1. The lowest BCUT2D eigenvalue weighted by Crippen LogP contribution is -2.24. The molecule has 112 valence electrons. The van der Waals surface area contributed by atoms with Gasteiger partial charge >= 0.3 is 0 Å². The zero-order valence-electron chi connectivity index (χ0n) is 12.1. The molecule has 0 aliphatic carbocycles. The first-order valence-electron chi connectivity index (χ1n) is 7.05. The molecular formula is C15H23NO4. The topological polar surface area (TPSA) is 62.9 Å². The van der Waals surface area contributed by atoms with Crippen molar-refractivity contribution in [2.45, 2.75) is 26.0 Å². The fourth-order valence-corrected chi connectivity index (χ4v) is 1.99. The van der Waals surface area contributed by atoms with Gasteiger partial charge < -0.3 is 24.7 Å². The number of fused-ring (bicyclic) bond motifs is 1. The van der Waals surface area contributed by atoms with Crippen molar-refractivity contribution >= 4 is 0 Å². The summed E-state index contributed by atoms with van der Waals surface area (Å²) in [6.45, 7) is 6.85. The Morgan fingerprint density at radius 2 is 1.95 bits per heavy atom. The van der Waals surface area contributed by atoms with E-state index in [0.717, 1.165) is 17.1 Å². The highest BCUT2D eigenvalue weighted by molar-refractivity contribution is 5.44. The number of hydrogen-bond acceptors (Lipinski definition) is 5. The molecule has 0 amide bonds. The van der Waals surface area contributed by atoms with Gasteiger partial charge in [-0.15, -0.1) is 0 Å². The first-order valence-corrected chi connectivity index (χ1v) is 7.05. The second kappa shape index (κ2) is 7.47. The molecule has 20 heavy (non-hydrogen) atoms. The standard InChI is InChI=1S/C15H23NO4/c1-3-17-9-11(2)20-10-13(16)12-4-5-14-15(8-12)19-7-6-18-14/h4-5,8,11,13H,3,6-7,9-10,16H2,1-2H3. The smallest absolute Gasteiger partial charge is 0.161 e. The third kappa shape index (κ3) is 4.10. The second-order valence-corrected chi connectivity index (χ2v) is 4.81. The van der Waals surface area contributed by atoms with Crippen molar-refractivity contribution in [2.24, 2.45) is 5.73 Å². The van der Waals surface area contributed by atoms with E-state index >= 15 is 0 Å². The van der Waals surface area contributed by atoms with Crippen LogP contribution in [0.3, 0.4) is 0 Å². The molecule has 2 unspecified atom stereocenters. The maximum atomic E-state index is 6.14. The van der Waals surface area contributed by atoms with Gasteiger partial charge in [0, 0.05) is 6.61 Å². The van der Waals surface area contributed by atoms with Crippen molar-refractivity contribution in [1.82, 2.24) is 0 Å². The molecule has 1 aromatic rings. The molecule has 2 atom stereocenters. The lowest BCUT2D eigenvalue weighted by Gasteiger charge is -2.21. The van der Waals surface area contributed by atoms with Gasteiger partial charge in [0.1, 0.15) is 13.2 Å². The van der Waals surface area contributed by atoms with E-state index in [4.69, 9.17) is 24.7 Å². The van der Waals surface area contributed by atoms with E-state index in [1.807, 2.05) is 32.0 Å². The second-order valence-electron chi connectivity index (χ2n) is 4.81. The van der Waals surface area contributed by atoms with Crippen LogP contribution in [0.25, 0.3) is 0 Å². The summed E-state index contributed by atoms with van der Waals surface area (Å²) in [6.07, 6.45) is 0.0400. The fraction of sp³-hybridized carbons (Fsp3) is 0.600. The molecule has 0 radical (unpaired) electrons. The molecule has 2 N–H and O–H groups in total. The van der Waals surface area contributed by atoms with Crippen LogP contribution in [-0.2, 0) is 9.47 Å². The summed E-state index contributed by atoms with van der Waals surface area (Å²) in [5.41, 5.74) is 7.13. The van der Waals surface area contributed by atoms with Gasteiger partial charge in [-0.3, -0.25) is 0 Å². The van der Waals surface area contributed by atoms with Gasteiger partial charge in [-0.05, 0) is 31.5 Å². The maximum Gasteiger partial charge on any atom is 0.161 e. The van der Waals surface area contributed by atoms with Crippen LogP contribution >= 0.6 is 0 Å². The number of rotatable bonds is 7. The molecule has 5 heteroatoms. The van der Waals surface area contributed by atoms with Crippen molar-refractivity contribution in [3.8, 4) is 11.5 Å². The minimum Gasteiger partial charge on any atom is -0.486 e. The number of benzene rings is 1. The molecule has 0 bridgehead atoms. The highest BCUT2D eigenvalue weighted by atomic mass is 16.6. The summed E-state index contributed by atoms with van der Waals surface area (Å²) in [6, 6.07) is 5.59. The molecule has 0 saturated heterocycles. The minimum absolute atomic E-state index is 0.0400. The maximum absolute atomic E-state index is 6.14. The highest BCUT2D eigenvalue weighted by Gasteiger charge is 2.15. The quantitative estimate of drug-likeness (QED) is 0.827. The largest absolute Gasteiger partial charge is 0.486 e. The average molecular weight is 281 g/mol. The summed E-state index contributed by atoms with van der Waals surface area (Å²) in [7, 11) is 0. The zero-order valence-corrected chi connectivity index (χ0v) is 12.1. The number of ether oxygens (including phenoxy) is 4. The summed E-state index contributed by atoms with van der Waals surface area (Å²) >= 11 is 0. The molecule has 0 spiro atoms. The van der Waals surface area contributed by atoms with E-state index in [1.165, 1.54) is 0 Å².